The molecule has 132 valence electrons. The van der Waals surface area contributed by atoms with Crippen LogP contribution in [0.1, 0.15) is 18.9 Å². The molecule has 2 atom stereocenters. The van der Waals surface area contributed by atoms with Gasteiger partial charge in [-0.2, -0.15) is 0 Å². The van der Waals surface area contributed by atoms with E-state index in [4.69, 9.17) is 4.74 Å². The Balaban J connectivity index is 2.22. The molecule has 0 aliphatic heterocycles. The number of nitrogens with one attached hydrogen (secondary N) is 2. The highest BCUT2D eigenvalue weighted by atomic mass is 16.5. The first kappa shape index (κ1) is 19.4. The van der Waals surface area contributed by atoms with E-state index >= 15 is 0 Å². The van der Waals surface area contributed by atoms with E-state index in [9.17, 15) is 19.5 Å². The van der Waals surface area contributed by atoms with Gasteiger partial charge in [-0.1, -0.05) is 30.3 Å². The lowest BCUT2D eigenvalue weighted by atomic mass is 10.2. The molecule has 0 radical (unpaired) electrons. The van der Waals surface area contributed by atoms with Crippen molar-refractivity contribution in [3.63, 3.8) is 0 Å². The molecule has 1 aromatic carbocycles. The van der Waals surface area contributed by atoms with Crippen molar-refractivity contribution < 1.29 is 29.0 Å². The van der Waals surface area contributed by atoms with Crippen LogP contribution in [0.3, 0.4) is 0 Å². The van der Waals surface area contributed by atoms with E-state index in [2.05, 4.69) is 15.4 Å². The van der Waals surface area contributed by atoms with Gasteiger partial charge in [0.1, 0.15) is 12.6 Å². The van der Waals surface area contributed by atoms with Crippen LogP contribution in [0.5, 0.6) is 0 Å². The second-order valence-electron chi connectivity index (χ2n) is 5.11. The van der Waals surface area contributed by atoms with Crippen LogP contribution < -0.4 is 10.6 Å². The van der Waals surface area contributed by atoms with Crippen LogP contribution in [0.2, 0.25) is 0 Å². The van der Waals surface area contributed by atoms with Gasteiger partial charge in [-0.25, -0.2) is 9.59 Å². The van der Waals surface area contributed by atoms with Gasteiger partial charge in [0, 0.05) is 6.54 Å². The molecule has 0 saturated heterocycles. The molecule has 0 heterocycles. The second-order valence-corrected chi connectivity index (χ2v) is 5.11. The van der Waals surface area contributed by atoms with E-state index in [1.54, 1.807) is 0 Å². The van der Waals surface area contributed by atoms with Gasteiger partial charge in [0.2, 0.25) is 5.91 Å². The largest absolute Gasteiger partial charge is 0.467 e. The molecule has 0 saturated carbocycles. The van der Waals surface area contributed by atoms with Crippen LogP contribution in [0.25, 0.3) is 0 Å². The summed E-state index contributed by atoms with van der Waals surface area (Å²) in [4.78, 5) is 34.3. The Kier molecular flexibility index (Phi) is 8.28. The smallest absolute Gasteiger partial charge is 0.407 e. The first-order valence-corrected chi connectivity index (χ1v) is 7.42. The highest BCUT2D eigenvalue weighted by Gasteiger charge is 2.18. The van der Waals surface area contributed by atoms with E-state index in [-0.39, 0.29) is 19.6 Å². The highest BCUT2D eigenvalue weighted by Crippen LogP contribution is 2.00. The maximum Gasteiger partial charge on any atom is 0.407 e. The summed E-state index contributed by atoms with van der Waals surface area (Å²) in [5.41, 5.74) is 0.837. The predicted molar refractivity (Wildman–Crippen MR) is 84.9 cm³/mol. The number of carbonyl (C=O) groups excluding carboxylic acids is 3. The zero-order valence-corrected chi connectivity index (χ0v) is 13.7. The zero-order valence-electron chi connectivity index (χ0n) is 13.7. The van der Waals surface area contributed by atoms with Crippen LogP contribution >= 0.6 is 0 Å². The van der Waals surface area contributed by atoms with Gasteiger partial charge >= 0.3 is 12.1 Å². The first-order chi connectivity index (χ1) is 11.4. The summed E-state index contributed by atoms with van der Waals surface area (Å²) in [5, 5.41) is 14.5. The monoisotopic (exact) mass is 338 g/mol. The van der Waals surface area contributed by atoms with Gasteiger partial charge in [0.15, 0.2) is 0 Å². The third-order valence-corrected chi connectivity index (χ3v) is 3.05. The molecule has 3 N–H and O–H groups in total. The zero-order chi connectivity index (χ0) is 17.9. The quantitative estimate of drug-likeness (QED) is 0.589. The van der Waals surface area contributed by atoms with Gasteiger partial charge in [-0.05, 0) is 12.5 Å². The molecule has 24 heavy (non-hydrogen) atoms. The van der Waals surface area contributed by atoms with E-state index in [0.29, 0.717) is 0 Å². The lowest BCUT2D eigenvalue weighted by molar-refractivity contribution is -0.144. The van der Waals surface area contributed by atoms with Crippen molar-refractivity contribution in [1.82, 2.24) is 10.6 Å². The maximum absolute atomic E-state index is 11.6. The van der Waals surface area contributed by atoms with E-state index in [1.807, 2.05) is 30.3 Å². The fraction of sp³-hybridized carbons (Fsp3) is 0.438. The molecule has 8 nitrogen and oxygen atoms in total. The van der Waals surface area contributed by atoms with Crippen LogP contribution in [-0.2, 0) is 25.7 Å². The SMILES string of the molecule is COC(=O)[C@@H](C)NC(=O)C[C@H](O)CNC(=O)OCc1ccccc1. The fourth-order valence-electron chi connectivity index (χ4n) is 1.80. The first-order valence-electron chi connectivity index (χ1n) is 7.42. The van der Waals surface area contributed by atoms with Crippen LogP contribution in [-0.4, -0.2) is 48.9 Å². The van der Waals surface area contributed by atoms with Crippen LogP contribution in [0.15, 0.2) is 30.3 Å². The topological polar surface area (TPSA) is 114 Å². The van der Waals surface area contributed by atoms with Crippen molar-refractivity contribution in [2.75, 3.05) is 13.7 Å². The summed E-state index contributed by atoms with van der Waals surface area (Å²) in [6, 6.07) is 8.33. The summed E-state index contributed by atoms with van der Waals surface area (Å²) >= 11 is 0. The Morgan fingerprint density at radius 2 is 1.88 bits per heavy atom. The van der Waals surface area contributed by atoms with Gasteiger partial charge in [-0.3, -0.25) is 4.79 Å². The third kappa shape index (κ3) is 7.59. The molecular weight excluding hydrogens is 316 g/mol. The summed E-state index contributed by atoms with van der Waals surface area (Å²) < 4.78 is 9.44. The van der Waals surface area contributed by atoms with Crippen molar-refractivity contribution in [2.24, 2.45) is 0 Å². The average Bonchev–Trinajstić information content (AvgIpc) is 2.58. The molecule has 1 rings (SSSR count). The van der Waals surface area contributed by atoms with Crippen molar-refractivity contribution in [2.45, 2.75) is 32.1 Å². The number of benzene rings is 1. The van der Waals surface area contributed by atoms with E-state index in [0.717, 1.165) is 5.56 Å². The van der Waals surface area contributed by atoms with Gasteiger partial charge < -0.3 is 25.2 Å². The van der Waals surface area contributed by atoms with Gasteiger partial charge in [0.25, 0.3) is 0 Å². The number of hydrogen-bond acceptors (Lipinski definition) is 6. The van der Waals surface area contributed by atoms with Crippen molar-refractivity contribution in [3.8, 4) is 0 Å². The molecule has 0 aromatic heterocycles. The molecule has 0 spiro atoms. The Morgan fingerprint density at radius 1 is 1.21 bits per heavy atom. The average molecular weight is 338 g/mol. The normalized spacial score (nSPS) is 12.6. The van der Waals surface area contributed by atoms with Gasteiger partial charge in [0.05, 0.1) is 19.6 Å². The van der Waals surface area contributed by atoms with Gasteiger partial charge in [-0.15, -0.1) is 0 Å². The predicted octanol–water partition coefficient (Wildman–Crippen LogP) is 0.341. The molecule has 8 heteroatoms. The van der Waals surface area contributed by atoms with Crippen molar-refractivity contribution in [1.29, 1.82) is 0 Å². The lowest BCUT2D eigenvalue weighted by Gasteiger charge is -2.14. The summed E-state index contributed by atoms with van der Waals surface area (Å²) in [7, 11) is 1.21. The summed E-state index contributed by atoms with van der Waals surface area (Å²) in [6.07, 6.45) is -2.05. The number of aliphatic hydroxyl groups excluding tert-OH is 1. The minimum absolute atomic E-state index is 0.111. The number of aliphatic hydroxyl groups is 1. The minimum atomic E-state index is -1.10. The highest BCUT2D eigenvalue weighted by molar-refractivity contribution is 5.84. The van der Waals surface area contributed by atoms with Crippen LogP contribution in [0, 0.1) is 0 Å². The number of carbonyl (C=O) groups is 3. The number of methoxy groups -OCH3 is 1. The van der Waals surface area contributed by atoms with Crippen molar-refractivity contribution >= 4 is 18.0 Å². The number of hydrogen-bond donors (Lipinski definition) is 3. The maximum atomic E-state index is 11.6. The molecule has 0 unspecified atom stereocenters. The number of esters is 1. The lowest BCUT2D eigenvalue weighted by Crippen LogP contribution is -2.42. The number of ether oxygens (including phenoxy) is 2. The number of alkyl carbamates (subject to hydrolysis) is 1. The molecule has 0 bridgehead atoms. The Labute approximate surface area is 140 Å². The Bertz CT molecular complexity index is 549. The number of amides is 2. The van der Waals surface area contributed by atoms with E-state index in [1.165, 1.54) is 14.0 Å². The fourth-order valence-corrected chi connectivity index (χ4v) is 1.80. The minimum Gasteiger partial charge on any atom is -0.467 e. The summed E-state index contributed by atoms with van der Waals surface area (Å²) in [5.74, 6) is -1.11. The molecular formula is C16H22N2O6. The van der Waals surface area contributed by atoms with Crippen molar-refractivity contribution in [3.05, 3.63) is 35.9 Å². The van der Waals surface area contributed by atoms with E-state index < -0.39 is 30.1 Å². The Morgan fingerprint density at radius 3 is 2.50 bits per heavy atom. The molecule has 0 aliphatic carbocycles. The molecule has 0 fully saturated rings. The summed E-state index contributed by atoms with van der Waals surface area (Å²) in [6.45, 7) is 1.43. The van der Waals surface area contributed by atoms with Crippen LogP contribution in [0.4, 0.5) is 4.79 Å². The molecule has 0 aliphatic rings. The third-order valence-electron chi connectivity index (χ3n) is 3.05. The second kappa shape index (κ2) is 10.2. The molecule has 2 amide bonds. The molecule has 1 aromatic rings. The number of rotatable bonds is 8. The Hall–Kier alpha value is -2.61. The standard InChI is InChI=1S/C16H22N2O6/c1-11(15(21)23-2)18-14(20)8-13(19)9-17-16(22)24-10-12-6-4-3-5-7-12/h3-7,11,13,19H,8-10H2,1-2H3,(H,17,22)(H,18,20)/t11-,13+/m1/s1.